The first kappa shape index (κ1) is 15.7. The van der Waals surface area contributed by atoms with Gasteiger partial charge in [-0.1, -0.05) is 12.2 Å². The predicted octanol–water partition coefficient (Wildman–Crippen LogP) is 1.73. The normalized spacial score (nSPS) is 17.4. The molecule has 0 atom stereocenters. The maximum atomic E-state index is 10.7. The zero-order valence-electron chi connectivity index (χ0n) is 7.30. The Labute approximate surface area is 93.8 Å². The van der Waals surface area contributed by atoms with Crippen molar-refractivity contribution in [3.05, 3.63) is 12.2 Å². The molecule has 1 aliphatic carbocycles. The largest absolute Gasteiger partial charge is 0.480 e. The molecule has 1 rings (SSSR count). The molecule has 0 radical (unpaired) electrons. The van der Waals surface area contributed by atoms with E-state index in [0.29, 0.717) is 6.42 Å². The molecule has 6 heteroatoms. The zero-order chi connectivity index (χ0) is 9.19. The molecule has 0 unspecified atom stereocenters. The van der Waals surface area contributed by atoms with Gasteiger partial charge < -0.3 is 10.2 Å². The van der Waals surface area contributed by atoms with Gasteiger partial charge in [-0.05, 0) is 19.3 Å². The van der Waals surface area contributed by atoms with Crippen molar-refractivity contribution in [3.63, 3.8) is 0 Å². The van der Waals surface area contributed by atoms with Gasteiger partial charge in [-0.2, -0.15) is 0 Å². The molecule has 0 aromatic rings. The van der Waals surface area contributed by atoms with Crippen LogP contribution in [-0.4, -0.2) is 22.2 Å². The molecule has 0 saturated carbocycles. The molecular weight excluding hydrogens is 231 g/mol. The molecule has 2 N–H and O–H groups in total. The maximum Gasteiger partial charge on any atom is 0.324 e. The number of carbonyl (C=O) groups is 2. The fraction of sp³-hybridized carbons (Fsp3) is 0.500. The highest BCUT2D eigenvalue weighted by atomic mass is 35.5. The summed E-state index contributed by atoms with van der Waals surface area (Å²) < 4.78 is 0. The average Bonchev–Trinajstić information content (AvgIpc) is 2.05. The van der Waals surface area contributed by atoms with Crippen molar-refractivity contribution >= 4 is 36.8 Å². The van der Waals surface area contributed by atoms with Crippen molar-refractivity contribution < 1.29 is 19.8 Å². The summed E-state index contributed by atoms with van der Waals surface area (Å²) in [6, 6.07) is 0. The van der Waals surface area contributed by atoms with Gasteiger partial charge in [0.05, 0.1) is 0 Å². The summed E-state index contributed by atoms with van der Waals surface area (Å²) in [5, 5.41) is 17.5. The van der Waals surface area contributed by atoms with Gasteiger partial charge in [0, 0.05) is 0 Å². The molecule has 0 bridgehead atoms. The van der Waals surface area contributed by atoms with E-state index >= 15 is 0 Å². The third-order valence-electron chi connectivity index (χ3n) is 2.11. The lowest BCUT2D eigenvalue weighted by Gasteiger charge is -2.23. The van der Waals surface area contributed by atoms with E-state index in [-0.39, 0.29) is 31.2 Å². The van der Waals surface area contributed by atoms with Gasteiger partial charge in [0.15, 0.2) is 5.41 Å². The molecule has 4 nitrogen and oxygen atoms in total. The Morgan fingerprint density at radius 2 is 1.64 bits per heavy atom. The predicted molar refractivity (Wildman–Crippen MR) is 55.2 cm³/mol. The van der Waals surface area contributed by atoms with Gasteiger partial charge in [-0.15, -0.1) is 24.8 Å². The molecule has 0 heterocycles. The maximum absolute atomic E-state index is 10.7. The highest BCUT2D eigenvalue weighted by Crippen LogP contribution is 2.31. The lowest BCUT2D eigenvalue weighted by molar-refractivity contribution is -0.161. The Morgan fingerprint density at radius 3 is 1.86 bits per heavy atom. The van der Waals surface area contributed by atoms with Gasteiger partial charge >= 0.3 is 11.9 Å². The highest BCUT2D eigenvalue weighted by Gasteiger charge is 2.44. The number of hydrogen-bond acceptors (Lipinski definition) is 2. The second-order valence-corrected chi connectivity index (χ2v) is 2.88. The van der Waals surface area contributed by atoms with E-state index < -0.39 is 17.4 Å². The molecule has 0 spiro atoms. The first-order valence-electron chi connectivity index (χ1n) is 3.74. The fourth-order valence-corrected chi connectivity index (χ4v) is 1.31. The van der Waals surface area contributed by atoms with Crippen molar-refractivity contribution in [1.82, 2.24) is 0 Å². The summed E-state index contributed by atoms with van der Waals surface area (Å²) in [5.41, 5.74) is -1.67. The molecular formula is C8H12Cl2O4. The van der Waals surface area contributed by atoms with Crippen LogP contribution in [-0.2, 0) is 9.59 Å². The van der Waals surface area contributed by atoms with E-state index in [1.165, 1.54) is 6.08 Å². The van der Waals surface area contributed by atoms with E-state index in [0.717, 1.165) is 6.42 Å². The van der Waals surface area contributed by atoms with E-state index in [1.54, 1.807) is 6.08 Å². The van der Waals surface area contributed by atoms with Crippen molar-refractivity contribution in [2.24, 2.45) is 5.41 Å². The topological polar surface area (TPSA) is 74.6 Å². The smallest absolute Gasteiger partial charge is 0.324 e. The standard InChI is InChI=1S/C8H10O4.2ClH/c9-6(10)8(7(11)12)4-2-1-3-5-8;;/h2,4H,1,3,5H2,(H,9,10)(H,11,12);2*1H. The van der Waals surface area contributed by atoms with Crippen molar-refractivity contribution in [3.8, 4) is 0 Å². The Balaban J connectivity index is 0. The molecule has 1 aliphatic rings. The zero-order valence-corrected chi connectivity index (χ0v) is 8.94. The Morgan fingerprint density at radius 1 is 1.14 bits per heavy atom. The van der Waals surface area contributed by atoms with Crippen molar-refractivity contribution in [1.29, 1.82) is 0 Å². The number of allylic oxidation sites excluding steroid dienone is 1. The number of halogens is 2. The van der Waals surface area contributed by atoms with Crippen molar-refractivity contribution in [2.75, 3.05) is 0 Å². The third kappa shape index (κ3) is 2.62. The lowest BCUT2D eigenvalue weighted by atomic mass is 9.79. The molecule has 0 amide bonds. The van der Waals surface area contributed by atoms with Crippen LogP contribution in [0, 0.1) is 5.41 Å². The first-order chi connectivity index (χ1) is 5.59. The van der Waals surface area contributed by atoms with E-state index in [9.17, 15) is 9.59 Å². The van der Waals surface area contributed by atoms with E-state index in [1.807, 2.05) is 0 Å². The molecule has 82 valence electrons. The second-order valence-electron chi connectivity index (χ2n) is 2.88. The minimum absolute atomic E-state index is 0. The second kappa shape index (κ2) is 5.88. The van der Waals surface area contributed by atoms with Crippen LogP contribution in [0.15, 0.2) is 12.2 Å². The number of carboxylic acids is 2. The van der Waals surface area contributed by atoms with Crippen LogP contribution in [0.25, 0.3) is 0 Å². The highest BCUT2D eigenvalue weighted by molar-refractivity contribution is 6.00. The number of aliphatic carboxylic acids is 2. The minimum atomic E-state index is -1.67. The molecule has 0 saturated heterocycles. The number of rotatable bonds is 2. The summed E-state index contributed by atoms with van der Waals surface area (Å²) in [7, 11) is 0. The van der Waals surface area contributed by atoms with Crippen molar-refractivity contribution in [2.45, 2.75) is 19.3 Å². The van der Waals surface area contributed by atoms with Crippen LogP contribution in [0.5, 0.6) is 0 Å². The Bertz CT molecular complexity index is 236. The van der Waals surface area contributed by atoms with Gasteiger partial charge in [-0.25, -0.2) is 0 Å². The summed E-state index contributed by atoms with van der Waals surface area (Å²) in [6.45, 7) is 0. The van der Waals surface area contributed by atoms with Crippen LogP contribution in [0.2, 0.25) is 0 Å². The monoisotopic (exact) mass is 242 g/mol. The number of hydrogen-bond donors (Lipinski definition) is 2. The fourth-order valence-electron chi connectivity index (χ4n) is 1.31. The summed E-state index contributed by atoms with van der Waals surface area (Å²) in [5.74, 6) is -2.54. The van der Waals surface area contributed by atoms with Crippen LogP contribution in [0.4, 0.5) is 0 Å². The molecule has 0 fully saturated rings. The average molecular weight is 243 g/mol. The van der Waals surface area contributed by atoms with E-state index in [2.05, 4.69) is 0 Å². The first-order valence-corrected chi connectivity index (χ1v) is 3.74. The third-order valence-corrected chi connectivity index (χ3v) is 2.11. The molecule has 14 heavy (non-hydrogen) atoms. The quantitative estimate of drug-likeness (QED) is 0.572. The summed E-state index contributed by atoms with van der Waals surface area (Å²) in [4.78, 5) is 21.4. The molecule has 0 aromatic carbocycles. The minimum Gasteiger partial charge on any atom is -0.480 e. The lowest BCUT2D eigenvalue weighted by Crippen LogP contribution is -2.38. The van der Waals surface area contributed by atoms with Crippen LogP contribution in [0.3, 0.4) is 0 Å². The number of carboxylic acid groups (broad SMARTS) is 2. The van der Waals surface area contributed by atoms with Gasteiger partial charge in [0.25, 0.3) is 0 Å². The molecule has 0 aromatic heterocycles. The van der Waals surface area contributed by atoms with Crippen LogP contribution in [0.1, 0.15) is 19.3 Å². The Hall–Kier alpha value is -0.740. The van der Waals surface area contributed by atoms with E-state index in [4.69, 9.17) is 10.2 Å². The van der Waals surface area contributed by atoms with Gasteiger partial charge in [0.2, 0.25) is 0 Å². The summed E-state index contributed by atoms with van der Waals surface area (Å²) >= 11 is 0. The van der Waals surface area contributed by atoms with Crippen LogP contribution >= 0.6 is 24.8 Å². The molecule has 0 aliphatic heterocycles. The summed E-state index contributed by atoms with van der Waals surface area (Å²) in [6.07, 6.45) is 4.47. The van der Waals surface area contributed by atoms with Gasteiger partial charge in [0.1, 0.15) is 0 Å². The van der Waals surface area contributed by atoms with Crippen LogP contribution < -0.4 is 0 Å². The van der Waals surface area contributed by atoms with Gasteiger partial charge in [-0.3, -0.25) is 9.59 Å². The SMILES string of the molecule is Cl.Cl.O=C(O)C1(C(=O)O)C=CCCC1. The Kier molecular flexibility index (Phi) is 6.60.